The van der Waals surface area contributed by atoms with Crippen molar-refractivity contribution >= 4 is 0 Å². The summed E-state index contributed by atoms with van der Waals surface area (Å²) < 4.78 is 25.5. The molecule has 2 aliphatic rings. The number of hydrogen-bond acceptors (Lipinski definition) is 2. The molecule has 3 unspecified atom stereocenters. The van der Waals surface area contributed by atoms with Gasteiger partial charge in [-0.2, -0.15) is 0 Å². The van der Waals surface area contributed by atoms with E-state index in [1.54, 1.807) is 0 Å². The van der Waals surface area contributed by atoms with E-state index in [1.807, 2.05) is 4.90 Å². The van der Waals surface area contributed by atoms with Crippen LogP contribution in [0.15, 0.2) is 0 Å². The van der Waals surface area contributed by atoms with Gasteiger partial charge in [-0.1, -0.05) is 20.3 Å². The molecule has 3 atom stereocenters. The summed E-state index contributed by atoms with van der Waals surface area (Å²) in [6.45, 7) is 8.07. The molecule has 0 bridgehead atoms. The molecule has 1 saturated carbocycles. The molecule has 2 fully saturated rings. The Hall–Kier alpha value is -0.220. The van der Waals surface area contributed by atoms with Crippen LogP contribution in [-0.4, -0.2) is 42.5 Å². The van der Waals surface area contributed by atoms with Gasteiger partial charge in [-0.15, -0.1) is 0 Å². The fourth-order valence-corrected chi connectivity index (χ4v) is 3.27. The Morgan fingerprint density at radius 2 is 2.06 bits per heavy atom. The highest BCUT2D eigenvalue weighted by molar-refractivity contribution is 5.04. The summed E-state index contributed by atoms with van der Waals surface area (Å²) in [7, 11) is 0. The van der Waals surface area contributed by atoms with E-state index >= 15 is 0 Å². The van der Waals surface area contributed by atoms with Crippen molar-refractivity contribution in [2.75, 3.05) is 19.6 Å². The zero-order valence-corrected chi connectivity index (χ0v) is 11.8. The average Bonchev–Trinajstić information content (AvgIpc) is 3.11. The van der Waals surface area contributed by atoms with Crippen LogP contribution >= 0.6 is 0 Å². The first kappa shape index (κ1) is 14.2. The van der Waals surface area contributed by atoms with E-state index in [0.717, 1.165) is 19.5 Å². The highest BCUT2D eigenvalue weighted by Gasteiger charge is 2.46. The van der Waals surface area contributed by atoms with E-state index in [9.17, 15) is 8.78 Å². The minimum atomic E-state index is -2.22. The van der Waals surface area contributed by atoms with Crippen LogP contribution in [0.1, 0.15) is 40.0 Å². The van der Waals surface area contributed by atoms with Gasteiger partial charge in [0.25, 0.3) is 6.43 Å². The molecule has 2 nitrogen and oxygen atoms in total. The van der Waals surface area contributed by atoms with Gasteiger partial charge in [-0.25, -0.2) is 8.78 Å². The number of rotatable bonds is 5. The molecular weight excluding hydrogens is 234 g/mol. The van der Waals surface area contributed by atoms with E-state index < -0.39 is 6.43 Å². The molecule has 0 aromatic heterocycles. The van der Waals surface area contributed by atoms with Gasteiger partial charge in [0.1, 0.15) is 0 Å². The molecule has 18 heavy (non-hydrogen) atoms. The summed E-state index contributed by atoms with van der Waals surface area (Å²) in [4.78, 5) is 2.04. The third-order valence-corrected chi connectivity index (χ3v) is 4.87. The van der Waals surface area contributed by atoms with Crippen LogP contribution in [0.5, 0.6) is 0 Å². The van der Waals surface area contributed by atoms with Crippen molar-refractivity contribution in [1.29, 1.82) is 0 Å². The lowest BCUT2D eigenvalue weighted by molar-refractivity contribution is 0.00105. The maximum Gasteiger partial charge on any atom is 0.251 e. The molecule has 0 radical (unpaired) electrons. The molecule has 1 N–H and O–H groups in total. The Morgan fingerprint density at radius 3 is 2.56 bits per heavy atom. The first-order chi connectivity index (χ1) is 8.46. The predicted octanol–water partition coefficient (Wildman–Crippen LogP) is 2.74. The molecule has 1 heterocycles. The van der Waals surface area contributed by atoms with Crippen LogP contribution in [0, 0.1) is 11.8 Å². The van der Waals surface area contributed by atoms with Gasteiger partial charge < -0.3 is 5.32 Å². The second-order valence-electron chi connectivity index (χ2n) is 6.35. The number of piperazine rings is 1. The number of hydrogen-bond donors (Lipinski definition) is 1. The summed E-state index contributed by atoms with van der Waals surface area (Å²) in [6.07, 6.45) is 1.32. The van der Waals surface area contributed by atoms with Crippen LogP contribution in [0.25, 0.3) is 0 Å². The average molecular weight is 260 g/mol. The summed E-state index contributed by atoms with van der Waals surface area (Å²) in [5.74, 6) is 1.16. The highest BCUT2D eigenvalue weighted by atomic mass is 19.3. The van der Waals surface area contributed by atoms with Crippen LogP contribution in [-0.2, 0) is 0 Å². The van der Waals surface area contributed by atoms with Gasteiger partial charge in [0.15, 0.2) is 0 Å². The van der Waals surface area contributed by atoms with Gasteiger partial charge in [0, 0.05) is 24.7 Å². The number of alkyl halides is 2. The van der Waals surface area contributed by atoms with E-state index in [-0.39, 0.29) is 18.1 Å². The molecule has 0 spiro atoms. The van der Waals surface area contributed by atoms with E-state index in [2.05, 4.69) is 26.1 Å². The van der Waals surface area contributed by atoms with Crippen molar-refractivity contribution < 1.29 is 8.78 Å². The first-order valence-electron chi connectivity index (χ1n) is 7.23. The van der Waals surface area contributed by atoms with Crippen molar-refractivity contribution in [3.05, 3.63) is 0 Å². The zero-order valence-electron chi connectivity index (χ0n) is 11.8. The monoisotopic (exact) mass is 260 g/mol. The fourth-order valence-electron chi connectivity index (χ4n) is 3.27. The van der Waals surface area contributed by atoms with Gasteiger partial charge >= 0.3 is 0 Å². The molecule has 4 heteroatoms. The molecule has 0 aromatic carbocycles. The molecule has 0 aromatic rings. The van der Waals surface area contributed by atoms with E-state index in [4.69, 9.17) is 0 Å². The Balaban J connectivity index is 2.04. The van der Waals surface area contributed by atoms with Gasteiger partial charge in [0.2, 0.25) is 0 Å². The van der Waals surface area contributed by atoms with E-state index in [1.165, 1.54) is 12.8 Å². The molecule has 1 saturated heterocycles. The molecule has 106 valence electrons. The minimum absolute atomic E-state index is 0.0544. The van der Waals surface area contributed by atoms with Gasteiger partial charge in [-0.05, 0) is 31.6 Å². The zero-order chi connectivity index (χ0) is 13.3. The summed E-state index contributed by atoms with van der Waals surface area (Å²) >= 11 is 0. The normalized spacial score (nSPS) is 36.0. The smallest absolute Gasteiger partial charge is 0.251 e. The third kappa shape index (κ3) is 3.02. The summed E-state index contributed by atoms with van der Waals surface area (Å²) in [5, 5.41) is 3.64. The van der Waals surface area contributed by atoms with Crippen LogP contribution in [0.4, 0.5) is 8.78 Å². The molecular formula is C14H26F2N2. The van der Waals surface area contributed by atoms with Crippen molar-refractivity contribution in [2.45, 2.75) is 58.0 Å². The molecule has 1 aliphatic heterocycles. The van der Waals surface area contributed by atoms with Gasteiger partial charge in [0.05, 0.1) is 6.54 Å². The van der Waals surface area contributed by atoms with Crippen LogP contribution in [0.2, 0.25) is 0 Å². The predicted molar refractivity (Wildman–Crippen MR) is 70.0 cm³/mol. The minimum Gasteiger partial charge on any atom is -0.308 e. The van der Waals surface area contributed by atoms with Crippen LogP contribution < -0.4 is 5.32 Å². The van der Waals surface area contributed by atoms with E-state index in [0.29, 0.717) is 11.8 Å². The second-order valence-corrected chi connectivity index (χ2v) is 6.35. The Bertz CT molecular complexity index is 281. The molecule has 1 aliphatic carbocycles. The summed E-state index contributed by atoms with van der Waals surface area (Å²) in [6, 6.07) is 0.260. The quantitative estimate of drug-likeness (QED) is 0.817. The maximum atomic E-state index is 12.8. The molecule has 0 amide bonds. The first-order valence-corrected chi connectivity index (χ1v) is 7.23. The third-order valence-electron chi connectivity index (χ3n) is 4.87. The second kappa shape index (κ2) is 5.41. The van der Waals surface area contributed by atoms with Crippen molar-refractivity contribution in [1.82, 2.24) is 10.2 Å². The number of halogens is 2. The SMILES string of the molecule is CCC(C)C1CNC(C)(C2CC2)CN1CC(F)F. The standard InChI is InChI=1S/C14H26F2N2/c1-4-10(2)12-7-17-14(3,11-5-6-11)9-18(12)8-13(15)16/h10-13,17H,4-9H2,1-3H3. The largest absolute Gasteiger partial charge is 0.308 e. The van der Waals surface area contributed by atoms with Crippen molar-refractivity contribution in [3.63, 3.8) is 0 Å². The lowest BCUT2D eigenvalue weighted by Crippen LogP contribution is -2.65. The Labute approximate surface area is 109 Å². The summed E-state index contributed by atoms with van der Waals surface area (Å²) in [5.41, 5.74) is 0.0544. The van der Waals surface area contributed by atoms with Crippen molar-refractivity contribution in [3.8, 4) is 0 Å². The Kier molecular flexibility index (Phi) is 4.27. The Morgan fingerprint density at radius 1 is 1.39 bits per heavy atom. The topological polar surface area (TPSA) is 15.3 Å². The maximum absolute atomic E-state index is 12.8. The molecule has 2 rings (SSSR count). The van der Waals surface area contributed by atoms with Gasteiger partial charge in [-0.3, -0.25) is 4.90 Å². The van der Waals surface area contributed by atoms with Crippen molar-refractivity contribution in [2.24, 2.45) is 11.8 Å². The fraction of sp³-hybridized carbons (Fsp3) is 1.00. The van der Waals surface area contributed by atoms with Crippen LogP contribution in [0.3, 0.4) is 0 Å². The lowest BCUT2D eigenvalue weighted by atomic mass is 9.87. The number of nitrogens with zero attached hydrogens (tertiary/aromatic N) is 1. The lowest BCUT2D eigenvalue weighted by Gasteiger charge is -2.48. The number of nitrogens with one attached hydrogen (secondary N) is 1. The highest BCUT2D eigenvalue weighted by Crippen LogP contribution is 2.42.